The molecule has 0 fully saturated rings. The molecule has 0 aromatic carbocycles. The maximum atomic E-state index is 11.3. The van der Waals surface area contributed by atoms with E-state index in [1.54, 1.807) is 27.7 Å². The second-order valence-electron chi connectivity index (χ2n) is 4.07. The van der Waals surface area contributed by atoms with Crippen LogP contribution in [0.15, 0.2) is 0 Å². The van der Waals surface area contributed by atoms with Crippen molar-refractivity contribution < 1.29 is 14.3 Å². The van der Waals surface area contributed by atoms with E-state index in [2.05, 4.69) is 0 Å². The number of carbonyl (C=O) groups is 2. The van der Waals surface area contributed by atoms with Gasteiger partial charge in [0.05, 0.1) is 5.92 Å². The number of carbonyl (C=O) groups excluding carboxylic acids is 2. The van der Waals surface area contributed by atoms with Gasteiger partial charge in [-0.2, -0.15) is 0 Å². The Balaban J connectivity index is 4.40. The SMILES string of the molecule is CCC(C=O)C(=N)C(=O)OC(C)(C)C. The molecule has 0 saturated carbocycles. The molecule has 0 aliphatic carbocycles. The average Bonchev–Trinajstić information content (AvgIpc) is 2.03. The third-order valence-electron chi connectivity index (χ3n) is 1.59. The lowest BCUT2D eigenvalue weighted by atomic mass is 10.0. The molecule has 0 radical (unpaired) electrons. The molecule has 4 heteroatoms. The third-order valence-corrected chi connectivity index (χ3v) is 1.59. The largest absolute Gasteiger partial charge is 0.455 e. The Morgan fingerprint density at radius 3 is 2.29 bits per heavy atom. The molecule has 0 heterocycles. The zero-order valence-corrected chi connectivity index (χ0v) is 9.09. The van der Waals surface area contributed by atoms with Crippen LogP contribution in [0.4, 0.5) is 0 Å². The van der Waals surface area contributed by atoms with Crippen LogP contribution in [-0.4, -0.2) is 23.6 Å². The van der Waals surface area contributed by atoms with Gasteiger partial charge >= 0.3 is 5.97 Å². The van der Waals surface area contributed by atoms with Crippen molar-refractivity contribution in [2.75, 3.05) is 0 Å². The molecule has 0 rings (SSSR count). The van der Waals surface area contributed by atoms with Gasteiger partial charge in [0.2, 0.25) is 0 Å². The normalized spacial score (nSPS) is 13.1. The molecule has 1 atom stereocenters. The quantitative estimate of drug-likeness (QED) is 0.424. The van der Waals surface area contributed by atoms with Crippen LogP contribution in [0.2, 0.25) is 0 Å². The van der Waals surface area contributed by atoms with E-state index in [4.69, 9.17) is 10.1 Å². The molecule has 14 heavy (non-hydrogen) atoms. The fourth-order valence-corrected chi connectivity index (χ4v) is 0.853. The minimum Gasteiger partial charge on any atom is -0.455 e. The van der Waals surface area contributed by atoms with Crippen molar-refractivity contribution in [3.63, 3.8) is 0 Å². The van der Waals surface area contributed by atoms with Crippen molar-refractivity contribution >= 4 is 18.0 Å². The Morgan fingerprint density at radius 2 is 2.00 bits per heavy atom. The molecule has 0 spiro atoms. The summed E-state index contributed by atoms with van der Waals surface area (Å²) in [4.78, 5) is 21.8. The first-order chi connectivity index (χ1) is 6.31. The number of aldehydes is 1. The number of hydrogen-bond acceptors (Lipinski definition) is 4. The first-order valence-electron chi connectivity index (χ1n) is 4.59. The summed E-state index contributed by atoms with van der Waals surface area (Å²) < 4.78 is 4.96. The molecule has 80 valence electrons. The van der Waals surface area contributed by atoms with Gasteiger partial charge in [0, 0.05) is 0 Å². The van der Waals surface area contributed by atoms with Crippen molar-refractivity contribution in [1.82, 2.24) is 0 Å². The number of ether oxygens (including phenoxy) is 1. The monoisotopic (exact) mass is 199 g/mol. The number of esters is 1. The summed E-state index contributed by atoms with van der Waals surface area (Å²) in [7, 11) is 0. The average molecular weight is 199 g/mol. The molecule has 0 bridgehead atoms. The van der Waals surface area contributed by atoms with Gasteiger partial charge in [0.25, 0.3) is 0 Å². The summed E-state index contributed by atoms with van der Waals surface area (Å²) in [5.74, 6) is -1.36. The Kier molecular flexibility index (Phi) is 4.47. The molecule has 0 aliphatic heterocycles. The molecule has 1 N–H and O–H groups in total. The van der Waals surface area contributed by atoms with E-state index in [0.717, 1.165) is 0 Å². The van der Waals surface area contributed by atoms with Crippen LogP contribution in [-0.2, 0) is 14.3 Å². The highest BCUT2D eigenvalue weighted by atomic mass is 16.6. The highest BCUT2D eigenvalue weighted by molar-refractivity contribution is 6.38. The highest BCUT2D eigenvalue weighted by Crippen LogP contribution is 2.10. The molecule has 0 aromatic rings. The van der Waals surface area contributed by atoms with E-state index in [1.165, 1.54) is 0 Å². The van der Waals surface area contributed by atoms with Gasteiger partial charge in [0.15, 0.2) is 0 Å². The fourth-order valence-electron chi connectivity index (χ4n) is 0.853. The van der Waals surface area contributed by atoms with Crippen LogP contribution in [0.1, 0.15) is 34.1 Å². The second kappa shape index (κ2) is 4.88. The third kappa shape index (κ3) is 4.16. The van der Waals surface area contributed by atoms with Gasteiger partial charge in [-0.05, 0) is 27.2 Å². The second-order valence-corrected chi connectivity index (χ2v) is 4.07. The summed E-state index contributed by atoms with van der Waals surface area (Å²) in [5.41, 5.74) is -0.887. The van der Waals surface area contributed by atoms with Crippen LogP contribution in [0, 0.1) is 11.3 Å². The summed E-state index contributed by atoms with van der Waals surface area (Å²) >= 11 is 0. The van der Waals surface area contributed by atoms with Crippen LogP contribution in [0.25, 0.3) is 0 Å². The minimum atomic E-state index is -0.712. The van der Waals surface area contributed by atoms with E-state index in [1.807, 2.05) is 0 Å². The lowest BCUT2D eigenvalue weighted by Crippen LogP contribution is -2.32. The van der Waals surface area contributed by atoms with Gasteiger partial charge in [0.1, 0.15) is 17.6 Å². The molecule has 0 aromatic heterocycles. The predicted molar refractivity (Wildman–Crippen MR) is 53.4 cm³/mol. The summed E-state index contributed by atoms with van der Waals surface area (Å²) in [6, 6.07) is 0. The number of rotatable bonds is 4. The predicted octanol–water partition coefficient (Wildman–Crippen LogP) is 1.57. The Bertz CT molecular complexity index is 240. The minimum absolute atomic E-state index is 0.266. The van der Waals surface area contributed by atoms with E-state index in [9.17, 15) is 9.59 Å². The van der Waals surface area contributed by atoms with Crippen molar-refractivity contribution in [2.45, 2.75) is 39.7 Å². The summed E-state index contributed by atoms with van der Waals surface area (Å²) in [6.07, 6.45) is 1.05. The lowest BCUT2D eigenvalue weighted by molar-refractivity contribution is -0.146. The van der Waals surface area contributed by atoms with Crippen molar-refractivity contribution in [1.29, 1.82) is 5.41 Å². The van der Waals surface area contributed by atoms with E-state index in [0.29, 0.717) is 12.7 Å². The van der Waals surface area contributed by atoms with Crippen molar-refractivity contribution in [2.24, 2.45) is 5.92 Å². The van der Waals surface area contributed by atoms with E-state index < -0.39 is 17.5 Å². The standard InChI is InChI=1S/C10H17NO3/c1-5-7(6-12)8(11)9(13)14-10(2,3)4/h6-7,11H,5H2,1-4H3. The Hall–Kier alpha value is -1.19. The molecular weight excluding hydrogens is 182 g/mol. The lowest BCUT2D eigenvalue weighted by Gasteiger charge is -2.20. The first-order valence-corrected chi connectivity index (χ1v) is 4.59. The van der Waals surface area contributed by atoms with Crippen molar-refractivity contribution in [3.8, 4) is 0 Å². The molecule has 0 aliphatic rings. The Morgan fingerprint density at radius 1 is 1.50 bits per heavy atom. The van der Waals surface area contributed by atoms with Gasteiger partial charge in [-0.1, -0.05) is 6.92 Å². The summed E-state index contributed by atoms with van der Waals surface area (Å²) in [6.45, 7) is 6.91. The van der Waals surface area contributed by atoms with Crippen molar-refractivity contribution in [3.05, 3.63) is 0 Å². The van der Waals surface area contributed by atoms with E-state index >= 15 is 0 Å². The van der Waals surface area contributed by atoms with Crippen LogP contribution in [0.3, 0.4) is 0 Å². The van der Waals surface area contributed by atoms with Crippen LogP contribution in [0.5, 0.6) is 0 Å². The maximum Gasteiger partial charge on any atom is 0.353 e. The molecule has 1 unspecified atom stereocenters. The smallest absolute Gasteiger partial charge is 0.353 e. The van der Waals surface area contributed by atoms with Gasteiger partial charge < -0.3 is 9.53 Å². The van der Waals surface area contributed by atoms with Gasteiger partial charge in [-0.15, -0.1) is 0 Å². The topological polar surface area (TPSA) is 67.2 Å². The molecule has 0 saturated heterocycles. The Labute approximate surface area is 84.1 Å². The molecular formula is C10H17NO3. The fraction of sp³-hybridized carbons (Fsp3) is 0.700. The van der Waals surface area contributed by atoms with Gasteiger partial charge in [-0.3, -0.25) is 5.41 Å². The molecule has 4 nitrogen and oxygen atoms in total. The summed E-state index contributed by atoms with van der Waals surface area (Å²) in [5, 5.41) is 7.43. The van der Waals surface area contributed by atoms with Crippen LogP contribution >= 0.6 is 0 Å². The van der Waals surface area contributed by atoms with Crippen LogP contribution < -0.4 is 0 Å². The number of nitrogens with one attached hydrogen (secondary N) is 1. The number of hydrogen-bond donors (Lipinski definition) is 1. The molecule has 0 amide bonds. The van der Waals surface area contributed by atoms with Gasteiger partial charge in [-0.25, -0.2) is 4.79 Å². The highest BCUT2D eigenvalue weighted by Gasteiger charge is 2.24. The zero-order valence-electron chi connectivity index (χ0n) is 9.09. The first kappa shape index (κ1) is 12.8. The zero-order chi connectivity index (χ0) is 11.4. The van der Waals surface area contributed by atoms with E-state index in [-0.39, 0.29) is 5.71 Å². The maximum absolute atomic E-state index is 11.3.